The zero-order chi connectivity index (χ0) is 22.3. The first-order chi connectivity index (χ1) is 15.6. The second kappa shape index (κ2) is 10.2. The van der Waals surface area contributed by atoms with E-state index in [1.165, 1.54) is 22.4 Å². The maximum absolute atomic E-state index is 4.66. The number of thiazole rings is 1. The molecule has 0 aliphatic heterocycles. The minimum absolute atomic E-state index is 0.783. The third-order valence-electron chi connectivity index (χ3n) is 5.54. The number of rotatable bonds is 8. The van der Waals surface area contributed by atoms with Gasteiger partial charge in [-0.1, -0.05) is 54.6 Å². The highest BCUT2D eigenvalue weighted by Gasteiger charge is 2.06. The second-order valence-corrected chi connectivity index (χ2v) is 8.66. The van der Waals surface area contributed by atoms with Crippen LogP contribution in [-0.2, 0) is 6.54 Å². The van der Waals surface area contributed by atoms with E-state index in [4.69, 9.17) is 0 Å². The van der Waals surface area contributed by atoms with Gasteiger partial charge in [-0.2, -0.15) is 5.10 Å². The molecule has 162 valence electrons. The first kappa shape index (κ1) is 21.8. The van der Waals surface area contributed by atoms with Crippen LogP contribution in [0.15, 0.2) is 83.3 Å². The predicted octanol–water partition coefficient (Wildman–Crippen LogP) is 6.90. The Balaban J connectivity index is 1.37. The van der Waals surface area contributed by atoms with Crippen molar-refractivity contribution in [1.29, 1.82) is 0 Å². The standard InChI is InChI=1S/C27H28N4S/c1-4-31(18-23-8-6-5-7-9-23)25-14-11-22(12-15-25)17-28-30-27-29-26(19-32-27)24-13-10-20(2)21(3)16-24/h5-17,19H,4,18H2,1-3H3,(H,29,30)/b28-17-. The van der Waals surface area contributed by atoms with E-state index < -0.39 is 0 Å². The number of anilines is 2. The summed E-state index contributed by atoms with van der Waals surface area (Å²) in [6, 6.07) is 25.5. The molecular weight excluding hydrogens is 412 g/mol. The van der Waals surface area contributed by atoms with Crippen molar-refractivity contribution in [3.8, 4) is 11.3 Å². The fraction of sp³-hybridized carbons (Fsp3) is 0.185. The summed E-state index contributed by atoms with van der Waals surface area (Å²) in [6.45, 7) is 8.29. The Morgan fingerprint density at radius 1 is 0.969 bits per heavy atom. The van der Waals surface area contributed by atoms with Crippen LogP contribution in [0.1, 0.15) is 29.2 Å². The number of aromatic nitrogens is 1. The largest absolute Gasteiger partial charge is 0.367 e. The quantitative estimate of drug-likeness (QED) is 0.239. The molecule has 0 saturated carbocycles. The summed E-state index contributed by atoms with van der Waals surface area (Å²) in [5.41, 5.74) is 11.3. The van der Waals surface area contributed by atoms with E-state index in [0.29, 0.717) is 0 Å². The molecule has 0 spiro atoms. The van der Waals surface area contributed by atoms with E-state index in [1.54, 1.807) is 11.3 Å². The van der Waals surface area contributed by atoms with Crippen molar-refractivity contribution in [2.75, 3.05) is 16.9 Å². The van der Waals surface area contributed by atoms with E-state index in [9.17, 15) is 0 Å². The summed E-state index contributed by atoms with van der Waals surface area (Å²) >= 11 is 1.56. The van der Waals surface area contributed by atoms with Gasteiger partial charge >= 0.3 is 0 Å². The van der Waals surface area contributed by atoms with Crippen LogP contribution in [0.2, 0.25) is 0 Å². The van der Waals surface area contributed by atoms with Gasteiger partial charge in [0.15, 0.2) is 0 Å². The molecule has 1 aromatic heterocycles. The molecule has 0 amide bonds. The van der Waals surface area contributed by atoms with Gasteiger partial charge < -0.3 is 4.90 Å². The van der Waals surface area contributed by atoms with Crippen molar-refractivity contribution in [1.82, 2.24) is 4.98 Å². The van der Waals surface area contributed by atoms with Gasteiger partial charge in [0.05, 0.1) is 11.9 Å². The zero-order valence-electron chi connectivity index (χ0n) is 18.7. The van der Waals surface area contributed by atoms with Crippen LogP contribution in [0.5, 0.6) is 0 Å². The molecule has 0 unspecified atom stereocenters. The second-order valence-electron chi connectivity index (χ2n) is 7.80. The summed E-state index contributed by atoms with van der Waals surface area (Å²) in [5, 5.41) is 7.21. The molecule has 0 aliphatic rings. The third-order valence-corrected chi connectivity index (χ3v) is 6.28. The minimum atomic E-state index is 0.783. The molecule has 4 aromatic rings. The Morgan fingerprint density at radius 2 is 1.75 bits per heavy atom. The monoisotopic (exact) mass is 440 g/mol. The van der Waals surface area contributed by atoms with Crippen molar-refractivity contribution >= 4 is 28.4 Å². The summed E-state index contributed by atoms with van der Waals surface area (Å²) in [7, 11) is 0. The van der Waals surface area contributed by atoms with Gasteiger partial charge in [-0.25, -0.2) is 4.98 Å². The fourth-order valence-electron chi connectivity index (χ4n) is 3.48. The Kier molecular flexibility index (Phi) is 6.97. The number of benzene rings is 3. The van der Waals surface area contributed by atoms with Crippen molar-refractivity contribution in [3.63, 3.8) is 0 Å². The first-order valence-corrected chi connectivity index (χ1v) is 11.7. The summed E-state index contributed by atoms with van der Waals surface area (Å²) in [6.07, 6.45) is 1.83. The lowest BCUT2D eigenvalue weighted by atomic mass is 10.1. The highest BCUT2D eigenvalue weighted by atomic mass is 32.1. The van der Waals surface area contributed by atoms with Crippen LogP contribution in [0, 0.1) is 13.8 Å². The van der Waals surface area contributed by atoms with Gasteiger partial charge in [-0.05, 0) is 61.2 Å². The van der Waals surface area contributed by atoms with Crippen LogP contribution >= 0.6 is 11.3 Å². The molecule has 4 rings (SSSR count). The number of nitrogens with one attached hydrogen (secondary N) is 1. The number of nitrogens with zero attached hydrogens (tertiary/aromatic N) is 3. The van der Waals surface area contributed by atoms with Crippen LogP contribution in [0.25, 0.3) is 11.3 Å². The van der Waals surface area contributed by atoms with E-state index >= 15 is 0 Å². The topological polar surface area (TPSA) is 40.5 Å². The molecule has 0 saturated heterocycles. The average molecular weight is 441 g/mol. The molecular formula is C27H28N4S. The molecule has 1 heterocycles. The van der Waals surface area contributed by atoms with Gasteiger partial charge in [-0.3, -0.25) is 5.43 Å². The van der Waals surface area contributed by atoms with Gasteiger partial charge in [0.1, 0.15) is 0 Å². The summed E-state index contributed by atoms with van der Waals surface area (Å²) in [4.78, 5) is 7.02. The van der Waals surface area contributed by atoms with Gasteiger partial charge in [0, 0.05) is 29.7 Å². The average Bonchev–Trinajstić information content (AvgIpc) is 3.29. The number of hydrogen-bond acceptors (Lipinski definition) is 5. The molecule has 0 atom stereocenters. The maximum Gasteiger partial charge on any atom is 0.203 e. The Bertz CT molecular complexity index is 1180. The normalized spacial score (nSPS) is 11.1. The number of hydrazone groups is 1. The molecule has 0 bridgehead atoms. The molecule has 0 radical (unpaired) electrons. The Morgan fingerprint density at radius 3 is 2.47 bits per heavy atom. The van der Waals surface area contributed by atoms with Crippen molar-refractivity contribution in [3.05, 3.63) is 100 Å². The minimum Gasteiger partial charge on any atom is -0.367 e. The van der Waals surface area contributed by atoms with Gasteiger partial charge in [0.2, 0.25) is 5.13 Å². The lowest BCUT2D eigenvalue weighted by Gasteiger charge is -2.23. The number of hydrogen-bond donors (Lipinski definition) is 1. The summed E-state index contributed by atoms with van der Waals surface area (Å²) < 4.78 is 0. The van der Waals surface area contributed by atoms with E-state index in [2.05, 4.69) is 119 Å². The van der Waals surface area contributed by atoms with Crippen LogP contribution in [0.3, 0.4) is 0 Å². The van der Waals surface area contributed by atoms with Crippen molar-refractivity contribution < 1.29 is 0 Å². The lowest BCUT2D eigenvalue weighted by molar-refractivity contribution is 0.832. The molecule has 0 aliphatic carbocycles. The summed E-state index contributed by atoms with van der Waals surface area (Å²) in [5.74, 6) is 0. The molecule has 5 heteroatoms. The van der Waals surface area contributed by atoms with Crippen LogP contribution in [0.4, 0.5) is 10.8 Å². The first-order valence-electron chi connectivity index (χ1n) is 10.8. The van der Waals surface area contributed by atoms with Gasteiger partial charge in [0.25, 0.3) is 0 Å². The predicted molar refractivity (Wildman–Crippen MR) is 138 cm³/mol. The fourth-order valence-corrected chi connectivity index (χ4v) is 4.15. The van der Waals surface area contributed by atoms with Gasteiger partial charge in [-0.15, -0.1) is 11.3 Å². The van der Waals surface area contributed by atoms with Crippen LogP contribution < -0.4 is 10.3 Å². The highest BCUT2D eigenvalue weighted by Crippen LogP contribution is 2.26. The Labute approximate surface area is 194 Å². The molecule has 32 heavy (non-hydrogen) atoms. The smallest absolute Gasteiger partial charge is 0.203 e. The number of aryl methyl sites for hydroxylation is 2. The molecule has 0 fully saturated rings. The molecule has 3 aromatic carbocycles. The SMILES string of the molecule is CCN(Cc1ccccc1)c1ccc(/C=N\Nc2nc(-c3ccc(C)c(C)c3)cs2)cc1. The van der Waals surface area contributed by atoms with E-state index in [0.717, 1.165) is 35.0 Å². The van der Waals surface area contributed by atoms with E-state index in [1.807, 2.05) is 6.21 Å². The highest BCUT2D eigenvalue weighted by molar-refractivity contribution is 7.14. The molecule has 4 nitrogen and oxygen atoms in total. The molecule has 1 N–H and O–H groups in total. The zero-order valence-corrected chi connectivity index (χ0v) is 19.6. The van der Waals surface area contributed by atoms with Crippen molar-refractivity contribution in [2.24, 2.45) is 5.10 Å². The lowest BCUT2D eigenvalue weighted by Crippen LogP contribution is -2.21. The van der Waals surface area contributed by atoms with Crippen LogP contribution in [-0.4, -0.2) is 17.7 Å². The maximum atomic E-state index is 4.66. The Hall–Kier alpha value is -3.44. The van der Waals surface area contributed by atoms with E-state index in [-0.39, 0.29) is 0 Å². The van der Waals surface area contributed by atoms with Crippen molar-refractivity contribution in [2.45, 2.75) is 27.3 Å². The third kappa shape index (κ3) is 5.42.